The number of aromatic nitrogens is 2. The molecular weight excluding hydrogens is 218 g/mol. The van der Waals surface area contributed by atoms with Crippen LogP contribution in [0, 0.1) is 0 Å². The van der Waals surface area contributed by atoms with E-state index in [1.807, 2.05) is 11.8 Å². The Labute approximate surface area is 101 Å². The molecule has 0 atom stereocenters. The molecule has 3 nitrogen and oxygen atoms in total. The van der Waals surface area contributed by atoms with E-state index >= 15 is 0 Å². The van der Waals surface area contributed by atoms with Crippen LogP contribution in [0.5, 0.6) is 0 Å². The van der Waals surface area contributed by atoms with Crippen molar-refractivity contribution in [2.24, 2.45) is 5.73 Å². The first-order chi connectivity index (χ1) is 7.84. The molecule has 2 aliphatic rings. The molecule has 16 heavy (non-hydrogen) atoms. The third-order valence-electron chi connectivity index (χ3n) is 4.01. The highest BCUT2D eigenvalue weighted by Crippen LogP contribution is 2.40. The Morgan fingerprint density at radius 2 is 2.19 bits per heavy atom. The Kier molecular flexibility index (Phi) is 2.72. The molecule has 2 heterocycles. The summed E-state index contributed by atoms with van der Waals surface area (Å²) in [7, 11) is 0. The van der Waals surface area contributed by atoms with Crippen molar-refractivity contribution in [1.29, 1.82) is 0 Å². The topological polar surface area (TPSA) is 43.8 Å². The van der Waals surface area contributed by atoms with Crippen LogP contribution in [0.4, 0.5) is 0 Å². The van der Waals surface area contributed by atoms with Gasteiger partial charge in [0.05, 0.1) is 5.69 Å². The zero-order chi connectivity index (χ0) is 11.0. The van der Waals surface area contributed by atoms with Crippen LogP contribution in [-0.4, -0.2) is 21.8 Å². The molecule has 1 fully saturated rings. The summed E-state index contributed by atoms with van der Waals surface area (Å²) in [6.07, 6.45) is 8.61. The average Bonchev–Trinajstić information content (AvgIpc) is 2.96. The second-order valence-electron chi connectivity index (χ2n) is 5.00. The van der Waals surface area contributed by atoms with E-state index in [9.17, 15) is 0 Å². The lowest BCUT2D eigenvalue weighted by Crippen LogP contribution is -2.32. The SMILES string of the molecule is NCC1(c2cn3c(n2)SCCC3)CCCC1. The van der Waals surface area contributed by atoms with Gasteiger partial charge in [0.15, 0.2) is 5.16 Å². The van der Waals surface area contributed by atoms with E-state index in [4.69, 9.17) is 10.7 Å². The molecule has 0 saturated heterocycles. The summed E-state index contributed by atoms with van der Waals surface area (Å²) >= 11 is 1.89. The van der Waals surface area contributed by atoms with Crippen molar-refractivity contribution < 1.29 is 0 Å². The normalized spacial score (nSPS) is 23.3. The highest BCUT2D eigenvalue weighted by atomic mass is 32.2. The molecule has 1 saturated carbocycles. The Balaban J connectivity index is 1.96. The molecule has 0 spiro atoms. The van der Waals surface area contributed by atoms with Gasteiger partial charge in [0.25, 0.3) is 0 Å². The van der Waals surface area contributed by atoms with Gasteiger partial charge in [-0.2, -0.15) is 0 Å². The van der Waals surface area contributed by atoms with Gasteiger partial charge < -0.3 is 10.3 Å². The fourth-order valence-corrected chi connectivity index (χ4v) is 3.87. The van der Waals surface area contributed by atoms with Gasteiger partial charge in [-0.1, -0.05) is 24.6 Å². The zero-order valence-corrected chi connectivity index (χ0v) is 10.4. The number of thioether (sulfide) groups is 1. The molecule has 0 radical (unpaired) electrons. The molecule has 88 valence electrons. The number of imidazole rings is 1. The maximum Gasteiger partial charge on any atom is 0.168 e. The summed E-state index contributed by atoms with van der Waals surface area (Å²) in [5.74, 6) is 1.21. The van der Waals surface area contributed by atoms with Crippen molar-refractivity contribution in [2.45, 2.75) is 49.2 Å². The molecule has 0 amide bonds. The maximum absolute atomic E-state index is 6.00. The van der Waals surface area contributed by atoms with Crippen molar-refractivity contribution >= 4 is 11.8 Å². The van der Waals surface area contributed by atoms with Gasteiger partial charge in [-0.25, -0.2) is 4.98 Å². The molecule has 1 aromatic heterocycles. The van der Waals surface area contributed by atoms with E-state index < -0.39 is 0 Å². The molecule has 0 aromatic carbocycles. The van der Waals surface area contributed by atoms with Crippen LogP contribution in [0.1, 0.15) is 37.8 Å². The van der Waals surface area contributed by atoms with Crippen molar-refractivity contribution in [3.63, 3.8) is 0 Å². The van der Waals surface area contributed by atoms with Crippen LogP contribution in [-0.2, 0) is 12.0 Å². The van der Waals surface area contributed by atoms with Crippen LogP contribution in [0.2, 0.25) is 0 Å². The lowest BCUT2D eigenvalue weighted by Gasteiger charge is -2.24. The van der Waals surface area contributed by atoms with Crippen molar-refractivity contribution in [3.05, 3.63) is 11.9 Å². The molecule has 1 aromatic rings. The van der Waals surface area contributed by atoms with Crippen LogP contribution >= 0.6 is 11.8 Å². The third-order valence-corrected chi connectivity index (χ3v) is 5.09. The fourth-order valence-electron chi connectivity index (χ4n) is 2.94. The first-order valence-corrected chi connectivity index (χ1v) is 7.23. The van der Waals surface area contributed by atoms with E-state index in [2.05, 4.69) is 10.8 Å². The summed E-state index contributed by atoms with van der Waals surface area (Å²) in [5.41, 5.74) is 7.46. The van der Waals surface area contributed by atoms with Crippen LogP contribution in [0.3, 0.4) is 0 Å². The minimum absolute atomic E-state index is 0.199. The molecule has 1 aliphatic heterocycles. The number of hydrogen-bond acceptors (Lipinski definition) is 3. The number of nitrogens with zero attached hydrogens (tertiary/aromatic N) is 2. The second kappa shape index (κ2) is 4.08. The van der Waals surface area contributed by atoms with Gasteiger partial charge >= 0.3 is 0 Å². The largest absolute Gasteiger partial charge is 0.330 e. The predicted molar refractivity (Wildman–Crippen MR) is 66.8 cm³/mol. The number of aryl methyl sites for hydroxylation is 1. The minimum Gasteiger partial charge on any atom is -0.330 e. The van der Waals surface area contributed by atoms with Gasteiger partial charge in [-0.05, 0) is 19.3 Å². The van der Waals surface area contributed by atoms with Crippen LogP contribution in [0.25, 0.3) is 0 Å². The number of rotatable bonds is 2. The molecule has 0 bridgehead atoms. The van der Waals surface area contributed by atoms with E-state index in [0.29, 0.717) is 0 Å². The van der Waals surface area contributed by atoms with Crippen molar-refractivity contribution in [2.75, 3.05) is 12.3 Å². The monoisotopic (exact) mass is 237 g/mol. The Hall–Kier alpha value is -0.480. The zero-order valence-electron chi connectivity index (χ0n) is 9.61. The average molecular weight is 237 g/mol. The highest BCUT2D eigenvalue weighted by Gasteiger charge is 2.37. The highest BCUT2D eigenvalue weighted by molar-refractivity contribution is 7.99. The van der Waals surface area contributed by atoms with Crippen LogP contribution in [0.15, 0.2) is 11.4 Å². The Morgan fingerprint density at radius 1 is 1.38 bits per heavy atom. The molecule has 1 aliphatic carbocycles. The van der Waals surface area contributed by atoms with E-state index in [1.54, 1.807) is 0 Å². The molecular formula is C12H19N3S. The first kappa shape index (κ1) is 10.7. The number of fused-ring (bicyclic) bond motifs is 1. The number of hydrogen-bond donors (Lipinski definition) is 1. The molecule has 3 rings (SSSR count). The van der Waals surface area contributed by atoms with E-state index in [-0.39, 0.29) is 5.41 Å². The Morgan fingerprint density at radius 3 is 2.88 bits per heavy atom. The summed E-state index contributed by atoms with van der Waals surface area (Å²) < 4.78 is 2.32. The summed E-state index contributed by atoms with van der Waals surface area (Å²) in [6, 6.07) is 0. The summed E-state index contributed by atoms with van der Waals surface area (Å²) in [4.78, 5) is 4.82. The smallest absolute Gasteiger partial charge is 0.168 e. The lowest BCUT2D eigenvalue weighted by atomic mass is 9.83. The number of nitrogens with two attached hydrogens (primary N) is 1. The minimum atomic E-state index is 0.199. The summed E-state index contributed by atoms with van der Waals surface area (Å²) in [5, 5.41) is 1.21. The van der Waals surface area contributed by atoms with Gasteiger partial charge in [0, 0.05) is 30.5 Å². The van der Waals surface area contributed by atoms with E-state index in [0.717, 1.165) is 13.1 Å². The van der Waals surface area contributed by atoms with Crippen LogP contribution < -0.4 is 5.73 Å². The van der Waals surface area contributed by atoms with E-state index in [1.165, 1.54) is 48.7 Å². The van der Waals surface area contributed by atoms with Crippen molar-refractivity contribution in [1.82, 2.24) is 9.55 Å². The summed E-state index contributed by atoms with van der Waals surface area (Å²) in [6.45, 7) is 1.89. The quantitative estimate of drug-likeness (QED) is 0.857. The Bertz CT molecular complexity index is 356. The second-order valence-corrected chi connectivity index (χ2v) is 6.06. The fraction of sp³-hybridized carbons (Fsp3) is 0.750. The molecule has 4 heteroatoms. The predicted octanol–water partition coefficient (Wildman–Crippen LogP) is 2.15. The lowest BCUT2D eigenvalue weighted by molar-refractivity contribution is 0.440. The molecule has 2 N–H and O–H groups in total. The maximum atomic E-state index is 6.00. The van der Waals surface area contributed by atoms with Crippen molar-refractivity contribution in [3.8, 4) is 0 Å². The van der Waals surface area contributed by atoms with Gasteiger partial charge in [-0.3, -0.25) is 0 Å². The first-order valence-electron chi connectivity index (χ1n) is 6.25. The molecule has 0 unspecified atom stereocenters. The van der Waals surface area contributed by atoms with Gasteiger partial charge in [-0.15, -0.1) is 0 Å². The van der Waals surface area contributed by atoms with Gasteiger partial charge in [0.2, 0.25) is 0 Å². The standard InChI is InChI=1S/C12H19N3S/c13-9-12(4-1-2-5-12)10-8-15-6-3-7-16-11(15)14-10/h8H,1-7,9,13H2. The third kappa shape index (κ3) is 1.59. The van der Waals surface area contributed by atoms with Gasteiger partial charge in [0.1, 0.15) is 0 Å².